The summed E-state index contributed by atoms with van der Waals surface area (Å²) in [4.78, 5) is 24.4. The Morgan fingerprint density at radius 2 is 2.17 bits per heavy atom. The molecule has 0 aliphatic rings. The van der Waals surface area contributed by atoms with Crippen molar-refractivity contribution in [1.82, 2.24) is 14.9 Å². The molecule has 0 aliphatic carbocycles. The number of carbonyl (C=O) groups is 1. The van der Waals surface area contributed by atoms with Gasteiger partial charge in [-0.15, -0.1) is 0 Å². The van der Waals surface area contributed by atoms with E-state index in [0.29, 0.717) is 24.5 Å². The highest BCUT2D eigenvalue weighted by molar-refractivity contribution is 5.83. The van der Waals surface area contributed by atoms with Gasteiger partial charge in [0.1, 0.15) is 18.3 Å². The van der Waals surface area contributed by atoms with Crippen LogP contribution in [0.3, 0.4) is 0 Å². The number of nitriles is 1. The van der Waals surface area contributed by atoms with Crippen LogP contribution in [0.15, 0.2) is 23.1 Å². The average Bonchev–Trinajstić information content (AvgIpc) is 3.03. The first-order chi connectivity index (χ1) is 11.5. The Morgan fingerprint density at radius 3 is 2.79 bits per heavy atom. The number of likely N-dealkylation sites (N-methyl/N-ethyl adjacent to an activating group) is 2. The van der Waals surface area contributed by atoms with Crippen LogP contribution in [-0.4, -0.2) is 47.0 Å². The summed E-state index contributed by atoms with van der Waals surface area (Å²) in [5.41, 5.74) is 1.39. The molecule has 0 saturated heterocycles. The number of amides is 1. The summed E-state index contributed by atoms with van der Waals surface area (Å²) in [5.74, 6) is 0.830. The highest BCUT2D eigenvalue weighted by atomic mass is 16.3. The van der Waals surface area contributed by atoms with Crippen LogP contribution in [0.5, 0.6) is 0 Å². The van der Waals surface area contributed by atoms with Gasteiger partial charge in [-0.1, -0.05) is 13.8 Å². The normalized spacial score (nSPS) is 12.2. The predicted molar refractivity (Wildman–Crippen MR) is 91.3 cm³/mol. The molecular formula is C17H23N5O2. The Hall–Kier alpha value is -2.62. The molecule has 0 bridgehead atoms. The summed E-state index contributed by atoms with van der Waals surface area (Å²) in [6, 6.07) is 3.76. The van der Waals surface area contributed by atoms with Crippen LogP contribution in [0.4, 0.5) is 5.82 Å². The van der Waals surface area contributed by atoms with E-state index >= 15 is 0 Å². The zero-order valence-electron chi connectivity index (χ0n) is 14.6. The lowest BCUT2D eigenvalue weighted by Crippen LogP contribution is -2.47. The topological polar surface area (TPSA) is 86.3 Å². The van der Waals surface area contributed by atoms with E-state index in [1.54, 1.807) is 17.2 Å². The van der Waals surface area contributed by atoms with Crippen molar-refractivity contribution in [2.75, 3.05) is 25.0 Å². The number of nitrogens with zero attached hydrogens (tertiary/aromatic N) is 5. The second-order valence-electron chi connectivity index (χ2n) is 6.02. The summed E-state index contributed by atoms with van der Waals surface area (Å²) < 4.78 is 5.53. The SMILES string of the molecule is CCN(C[C@@H](C(C)C)N(C)c1ncnc2ccoc12)C(=O)CC#N. The number of fused-ring (bicyclic) bond motifs is 1. The average molecular weight is 329 g/mol. The van der Waals surface area contributed by atoms with E-state index in [4.69, 9.17) is 9.68 Å². The monoisotopic (exact) mass is 329 g/mol. The van der Waals surface area contributed by atoms with Crippen LogP contribution < -0.4 is 4.90 Å². The number of anilines is 1. The molecule has 0 unspecified atom stereocenters. The molecule has 0 aromatic carbocycles. The Balaban J connectivity index is 2.28. The minimum atomic E-state index is -0.148. The van der Waals surface area contributed by atoms with Crippen LogP contribution >= 0.6 is 0 Å². The number of aromatic nitrogens is 2. The van der Waals surface area contributed by atoms with Gasteiger partial charge in [-0.2, -0.15) is 5.26 Å². The van der Waals surface area contributed by atoms with Crippen molar-refractivity contribution < 1.29 is 9.21 Å². The van der Waals surface area contributed by atoms with Crippen LogP contribution in [-0.2, 0) is 4.79 Å². The zero-order chi connectivity index (χ0) is 17.7. The van der Waals surface area contributed by atoms with Crippen LogP contribution in [0, 0.1) is 17.2 Å². The van der Waals surface area contributed by atoms with Gasteiger partial charge >= 0.3 is 0 Å². The molecule has 7 nitrogen and oxygen atoms in total. The third-order valence-corrected chi connectivity index (χ3v) is 4.20. The molecule has 7 heteroatoms. The molecule has 2 heterocycles. The molecular weight excluding hydrogens is 306 g/mol. The number of furan rings is 1. The molecule has 0 aliphatic heterocycles. The van der Waals surface area contributed by atoms with E-state index in [2.05, 4.69) is 23.8 Å². The van der Waals surface area contributed by atoms with Crippen molar-refractivity contribution in [2.45, 2.75) is 33.2 Å². The van der Waals surface area contributed by atoms with Crippen molar-refractivity contribution >= 4 is 22.8 Å². The third-order valence-electron chi connectivity index (χ3n) is 4.20. The van der Waals surface area contributed by atoms with Gasteiger partial charge in [0.05, 0.1) is 18.4 Å². The molecule has 1 atom stereocenters. The maximum absolute atomic E-state index is 12.1. The molecule has 0 saturated carbocycles. The van der Waals surface area contributed by atoms with E-state index in [1.807, 2.05) is 24.9 Å². The van der Waals surface area contributed by atoms with Gasteiger partial charge in [0.2, 0.25) is 5.91 Å². The quantitative estimate of drug-likeness (QED) is 0.775. The van der Waals surface area contributed by atoms with Crippen molar-refractivity contribution in [3.63, 3.8) is 0 Å². The number of hydrogen-bond donors (Lipinski definition) is 0. The molecule has 0 N–H and O–H groups in total. The number of carbonyl (C=O) groups excluding carboxylic acids is 1. The van der Waals surface area contributed by atoms with Gasteiger partial charge in [0.15, 0.2) is 11.4 Å². The number of rotatable bonds is 7. The summed E-state index contributed by atoms with van der Waals surface area (Å²) in [6.07, 6.45) is 3.01. The first kappa shape index (κ1) is 17.7. The minimum Gasteiger partial charge on any atom is -0.459 e. The standard InChI is InChI=1S/C17H23N5O2/c1-5-22(15(23)6-8-18)10-14(12(2)3)21(4)17-16-13(7-9-24-16)19-11-20-17/h7,9,11-12,14H,5-6,10H2,1-4H3/t14-/m0/s1. The number of hydrogen-bond acceptors (Lipinski definition) is 6. The van der Waals surface area contributed by atoms with E-state index < -0.39 is 0 Å². The van der Waals surface area contributed by atoms with Crippen LogP contribution in [0.1, 0.15) is 27.2 Å². The van der Waals surface area contributed by atoms with Gasteiger partial charge in [0, 0.05) is 26.2 Å². The summed E-state index contributed by atoms with van der Waals surface area (Å²) in [6.45, 7) is 7.21. The van der Waals surface area contributed by atoms with Crippen molar-refractivity contribution in [3.05, 3.63) is 18.7 Å². The first-order valence-electron chi connectivity index (χ1n) is 8.05. The fraction of sp³-hybridized carbons (Fsp3) is 0.529. The van der Waals surface area contributed by atoms with Crippen molar-refractivity contribution in [2.24, 2.45) is 5.92 Å². The summed E-state index contributed by atoms with van der Waals surface area (Å²) in [5, 5.41) is 8.77. The van der Waals surface area contributed by atoms with Gasteiger partial charge < -0.3 is 14.2 Å². The molecule has 128 valence electrons. The molecule has 2 aromatic heterocycles. The van der Waals surface area contributed by atoms with Gasteiger partial charge in [-0.3, -0.25) is 4.79 Å². The fourth-order valence-corrected chi connectivity index (χ4v) is 2.78. The maximum atomic E-state index is 12.1. The summed E-state index contributed by atoms with van der Waals surface area (Å²) >= 11 is 0. The molecule has 1 amide bonds. The Bertz CT molecular complexity index is 734. The van der Waals surface area contributed by atoms with Gasteiger partial charge in [-0.25, -0.2) is 9.97 Å². The Morgan fingerprint density at radius 1 is 1.42 bits per heavy atom. The van der Waals surface area contributed by atoms with Crippen molar-refractivity contribution in [1.29, 1.82) is 5.26 Å². The molecule has 2 aromatic rings. The predicted octanol–water partition coefficient (Wildman–Crippen LogP) is 2.45. The van der Waals surface area contributed by atoms with Crippen LogP contribution in [0.25, 0.3) is 11.1 Å². The Labute approximate surface area is 141 Å². The minimum absolute atomic E-state index is 0.0378. The third kappa shape index (κ3) is 3.65. The van der Waals surface area contributed by atoms with E-state index in [0.717, 1.165) is 5.52 Å². The second kappa shape index (κ2) is 7.77. The molecule has 2 rings (SSSR count). The highest BCUT2D eigenvalue weighted by Crippen LogP contribution is 2.26. The fourth-order valence-electron chi connectivity index (χ4n) is 2.78. The molecule has 0 spiro atoms. The molecule has 24 heavy (non-hydrogen) atoms. The van der Waals surface area contributed by atoms with Crippen molar-refractivity contribution in [3.8, 4) is 6.07 Å². The second-order valence-corrected chi connectivity index (χ2v) is 6.02. The first-order valence-corrected chi connectivity index (χ1v) is 8.05. The van der Waals surface area contributed by atoms with E-state index in [9.17, 15) is 4.79 Å². The lowest BCUT2D eigenvalue weighted by atomic mass is 10.0. The van der Waals surface area contributed by atoms with Gasteiger partial charge in [0.25, 0.3) is 0 Å². The lowest BCUT2D eigenvalue weighted by molar-refractivity contribution is -0.130. The highest BCUT2D eigenvalue weighted by Gasteiger charge is 2.26. The lowest BCUT2D eigenvalue weighted by Gasteiger charge is -2.35. The Kier molecular flexibility index (Phi) is 5.74. The zero-order valence-corrected chi connectivity index (χ0v) is 14.6. The smallest absolute Gasteiger partial charge is 0.236 e. The van der Waals surface area contributed by atoms with E-state index in [1.165, 1.54) is 6.33 Å². The maximum Gasteiger partial charge on any atom is 0.236 e. The van der Waals surface area contributed by atoms with Crippen LogP contribution in [0.2, 0.25) is 0 Å². The molecule has 0 radical (unpaired) electrons. The largest absolute Gasteiger partial charge is 0.459 e. The molecule has 0 fully saturated rings. The van der Waals surface area contributed by atoms with Gasteiger partial charge in [-0.05, 0) is 12.8 Å². The van der Waals surface area contributed by atoms with E-state index in [-0.39, 0.29) is 24.3 Å². The summed E-state index contributed by atoms with van der Waals surface area (Å²) in [7, 11) is 1.94.